The minimum atomic E-state index is -1.33. The summed E-state index contributed by atoms with van der Waals surface area (Å²) in [6.07, 6.45) is 0. The van der Waals surface area contributed by atoms with Crippen LogP contribution in [-0.2, 0) is 26.1 Å². The lowest BCUT2D eigenvalue weighted by Gasteiger charge is -2.17. The van der Waals surface area contributed by atoms with Gasteiger partial charge >= 0.3 is 0 Å². The van der Waals surface area contributed by atoms with Crippen LogP contribution >= 0.6 is 0 Å². The summed E-state index contributed by atoms with van der Waals surface area (Å²) < 4.78 is 12.3. The van der Waals surface area contributed by atoms with E-state index in [1.54, 1.807) is 21.0 Å². The molecule has 0 saturated carbocycles. The second-order valence-electron chi connectivity index (χ2n) is 5.89. The Kier molecular flexibility index (Phi) is 6.09. The predicted octanol–water partition coefficient (Wildman–Crippen LogP) is 1.68. The van der Waals surface area contributed by atoms with Crippen molar-refractivity contribution in [3.05, 3.63) is 48.0 Å². The molecule has 128 valence electrons. The standard InChI is InChI=1S/C18H22N2O3S/c1-13(18(22)20(2)3)19-17(21)12-24(23)11-15-9-6-8-14-7-4-5-10-16(14)15/h4-10,13H,11-12H2,1-3H3,(H,19,21)/t13-,24-/m0/s1. The topological polar surface area (TPSA) is 66.5 Å². The maximum atomic E-state index is 12.3. The lowest BCUT2D eigenvalue weighted by molar-refractivity contribution is -0.133. The van der Waals surface area contributed by atoms with Crippen LogP contribution in [0, 0.1) is 0 Å². The molecule has 6 heteroatoms. The summed E-state index contributed by atoms with van der Waals surface area (Å²) in [6, 6.07) is 13.1. The molecule has 2 aromatic carbocycles. The van der Waals surface area contributed by atoms with Crippen LogP contribution in [0.1, 0.15) is 12.5 Å². The fraction of sp³-hybridized carbons (Fsp3) is 0.333. The molecule has 2 aromatic rings. The maximum Gasteiger partial charge on any atom is 0.244 e. The highest BCUT2D eigenvalue weighted by molar-refractivity contribution is 7.84. The van der Waals surface area contributed by atoms with Gasteiger partial charge in [-0.1, -0.05) is 42.5 Å². The molecule has 0 aromatic heterocycles. The molecule has 0 aliphatic rings. The van der Waals surface area contributed by atoms with Gasteiger partial charge in [0.05, 0.1) is 0 Å². The molecule has 0 aliphatic heterocycles. The Morgan fingerprint density at radius 3 is 2.50 bits per heavy atom. The number of likely N-dealkylation sites (N-methyl/N-ethyl adjacent to an activating group) is 1. The summed E-state index contributed by atoms with van der Waals surface area (Å²) in [5.41, 5.74) is 0.955. The van der Waals surface area contributed by atoms with E-state index in [1.807, 2.05) is 42.5 Å². The average molecular weight is 346 g/mol. The molecular weight excluding hydrogens is 324 g/mol. The molecule has 0 saturated heterocycles. The summed E-state index contributed by atoms with van der Waals surface area (Å²) in [4.78, 5) is 25.1. The molecule has 0 bridgehead atoms. The second-order valence-corrected chi connectivity index (χ2v) is 7.35. The molecular formula is C18H22N2O3S. The lowest BCUT2D eigenvalue weighted by Crippen LogP contribution is -2.45. The van der Waals surface area contributed by atoms with E-state index in [0.717, 1.165) is 16.3 Å². The van der Waals surface area contributed by atoms with E-state index < -0.39 is 16.8 Å². The smallest absolute Gasteiger partial charge is 0.244 e. The number of carbonyl (C=O) groups excluding carboxylic acids is 2. The van der Waals surface area contributed by atoms with Crippen LogP contribution in [-0.4, -0.2) is 46.8 Å². The zero-order valence-electron chi connectivity index (χ0n) is 14.1. The number of fused-ring (bicyclic) bond motifs is 1. The van der Waals surface area contributed by atoms with Crippen molar-refractivity contribution in [3.63, 3.8) is 0 Å². The molecule has 2 atom stereocenters. The van der Waals surface area contributed by atoms with Gasteiger partial charge in [0.15, 0.2) is 0 Å². The van der Waals surface area contributed by atoms with E-state index in [1.165, 1.54) is 4.90 Å². The van der Waals surface area contributed by atoms with Gasteiger partial charge in [-0.15, -0.1) is 0 Å². The molecule has 2 rings (SSSR count). The van der Waals surface area contributed by atoms with Gasteiger partial charge in [-0.3, -0.25) is 13.8 Å². The quantitative estimate of drug-likeness (QED) is 0.865. The Labute approximate surface area is 144 Å². The highest BCUT2D eigenvalue weighted by Gasteiger charge is 2.18. The van der Waals surface area contributed by atoms with Crippen LogP contribution in [0.3, 0.4) is 0 Å². The highest BCUT2D eigenvalue weighted by Crippen LogP contribution is 2.19. The molecule has 0 heterocycles. The van der Waals surface area contributed by atoms with Crippen LogP contribution < -0.4 is 5.32 Å². The Morgan fingerprint density at radius 2 is 1.79 bits per heavy atom. The van der Waals surface area contributed by atoms with Gasteiger partial charge in [-0.05, 0) is 23.3 Å². The van der Waals surface area contributed by atoms with E-state index in [2.05, 4.69) is 5.32 Å². The molecule has 2 amide bonds. The van der Waals surface area contributed by atoms with Crippen molar-refractivity contribution >= 4 is 33.4 Å². The summed E-state index contributed by atoms with van der Waals surface area (Å²) >= 11 is 0. The van der Waals surface area contributed by atoms with Gasteiger partial charge in [-0.25, -0.2) is 0 Å². The van der Waals surface area contributed by atoms with Crippen LogP contribution in [0.5, 0.6) is 0 Å². The van der Waals surface area contributed by atoms with E-state index in [9.17, 15) is 13.8 Å². The lowest BCUT2D eigenvalue weighted by atomic mass is 10.1. The third-order valence-electron chi connectivity index (χ3n) is 3.68. The first kappa shape index (κ1) is 18.1. The number of amides is 2. The fourth-order valence-electron chi connectivity index (χ4n) is 2.52. The molecule has 5 nitrogen and oxygen atoms in total. The van der Waals surface area contributed by atoms with Crippen molar-refractivity contribution < 1.29 is 13.8 Å². The van der Waals surface area contributed by atoms with Crippen LogP contribution in [0.15, 0.2) is 42.5 Å². The first-order valence-electron chi connectivity index (χ1n) is 7.70. The molecule has 0 spiro atoms. The fourth-order valence-corrected chi connectivity index (χ4v) is 3.60. The minimum Gasteiger partial charge on any atom is -0.347 e. The van der Waals surface area contributed by atoms with Gasteiger partial charge in [0, 0.05) is 30.6 Å². The van der Waals surface area contributed by atoms with Crippen molar-refractivity contribution in [1.29, 1.82) is 0 Å². The van der Waals surface area contributed by atoms with Crippen molar-refractivity contribution in [3.8, 4) is 0 Å². The summed E-state index contributed by atoms with van der Waals surface area (Å²) in [5, 5.41) is 4.72. The number of carbonyl (C=O) groups is 2. The summed E-state index contributed by atoms with van der Waals surface area (Å²) in [6.45, 7) is 1.62. The summed E-state index contributed by atoms with van der Waals surface area (Å²) in [7, 11) is 1.92. The monoisotopic (exact) mass is 346 g/mol. The van der Waals surface area contributed by atoms with Crippen molar-refractivity contribution in [2.24, 2.45) is 0 Å². The largest absolute Gasteiger partial charge is 0.347 e. The first-order chi connectivity index (χ1) is 11.4. The molecule has 0 fully saturated rings. The summed E-state index contributed by atoms with van der Waals surface area (Å²) in [5.74, 6) is -0.376. The van der Waals surface area contributed by atoms with Gasteiger partial charge in [-0.2, -0.15) is 0 Å². The van der Waals surface area contributed by atoms with E-state index in [0.29, 0.717) is 5.75 Å². The molecule has 0 radical (unpaired) electrons. The SMILES string of the molecule is C[C@H](NC(=O)C[S@@](=O)Cc1cccc2ccccc12)C(=O)N(C)C. The van der Waals surface area contributed by atoms with Crippen LogP contribution in [0.4, 0.5) is 0 Å². The maximum absolute atomic E-state index is 12.3. The number of nitrogens with one attached hydrogen (secondary N) is 1. The second kappa shape index (κ2) is 8.06. The molecule has 0 unspecified atom stereocenters. The highest BCUT2D eigenvalue weighted by atomic mass is 32.2. The van der Waals surface area contributed by atoms with Crippen LogP contribution in [0.2, 0.25) is 0 Å². The Balaban J connectivity index is 1.97. The van der Waals surface area contributed by atoms with Crippen molar-refractivity contribution in [2.75, 3.05) is 19.8 Å². The Bertz CT molecular complexity index is 768. The van der Waals surface area contributed by atoms with Gasteiger partial charge in [0.25, 0.3) is 0 Å². The zero-order valence-corrected chi connectivity index (χ0v) is 14.9. The zero-order chi connectivity index (χ0) is 17.7. The van der Waals surface area contributed by atoms with E-state index >= 15 is 0 Å². The van der Waals surface area contributed by atoms with E-state index in [-0.39, 0.29) is 17.6 Å². The third kappa shape index (κ3) is 4.64. The number of hydrogen-bond donors (Lipinski definition) is 1. The number of benzene rings is 2. The molecule has 1 N–H and O–H groups in total. The van der Waals surface area contributed by atoms with Gasteiger partial charge < -0.3 is 10.2 Å². The normalized spacial score (nSPS) is 13.3. The number of hydrogen-bond acceptors (Lipinski definition) is 3. The Hall–Kier alpha value is -2.21. The predicted molar refractivity (Wildman–Crippen MR) is 97.0 cm³/mol. The number of rotatable bonds is 6. The van der Waals surface area contributed by atoms with Crippen molar-refractivity contribution in [1.82, 2.24) is 10.2 Å². The van der Waals surface area contributed by atoms with Crippen LogP contribution in [0.25, 0.3) is 10.8 Å². The van der Waals surface area contributed by atoms with Gasteiger partial charge in [0.2, 0.25) is 11.8 Å². The molecule has 0 aliphatic carbocycles. The van der Waals surface area contributed by atoms with Gasteiger partial charge in [0.1, 0.15) is 11.8 Å². The Morgan fingerprint density at radius 1 is 1.12 bits per heavy atom. The van der Waals surface area contributed by atoms with Crippen molar-refractivity contribution in [2.45, 2.75) is 18.7 Å². The minimum absolute atomic E-state index is 0.117. The molecule has 24 heavy (non-hydrogen) atoms. The first-order valence-corrected chi connectivity index (χ1v) is 9.19. The van der Waals surface area contributed by atoms with E-state index in [4.69, 9.17) is 0 Å². The average Bonchev–Trinajstić information content (AvgIpc) is 2.54. The number of nitrogens with zero attached hydrogens (tertiary/aromatic N) is 1. The third-order valence-corrected chi connectivity index (χ3v) is 4.89.